The van der Waals surface area contributed by atoms with Crippen LogP contribution in [-0.2, 0) is 22.3 Å². The molecule has 0 bridgehead atoms. The van der Waals surface area contributed by atoms with Crippen molar-refractivity contribution in [3.05, 3.63) is 70.8 Å². The van der Waals surface area contributed by atoms with E-state index in [2.05, 4.69) is 9.62 Å². The zero-order valence-electron chi connectivity index (χ0n) is 13.4. The van der Waals surface area contributed by atoms with Gasteiger partial charge >= 0.3 is 0 Å². The van der Waals surface area contributed by atoms with Gasteiger partial charge in [0.2, 0.25) is 10.0 Å². The lowest BCUT2D eigenvalue weighted by atomic mass is 9.96. The van der Waals surface area contributed by atoms with E-state index in [1.165, 1.54) is 0 Å². The van der Waals surface area contributed by atoms with E-state index in [0.717, 1.165) is 17.7 Å². The second-order valence-electron chi connectivity index (χ2n) is 6.14. The maximum atomic E-state index is 12.6. The number of nitrogens with one attached hydrogen (secondary N) is 1. The number of hydrogen-bond donors (Lipinski definition) is 1. The Hall–Kier alpha value is -2.20. The van der Waals surface area contributed by atoms with E-state index in [1.807, 2.05) is 37.4 Å². The van der Waals surface area contributed by atoms with Gasteiger partial charge in [-0.1, -0.05) is 36.4 Å². The van der Waals surface area contributed by atoms with E-state index in [1.54, 1.807) is 24.3 Å². The quantitative estimate of drug-likeness (QED) is 0.925. The van der Waals surface area contributed by atoms with Crippen molar-refractivity contribution in [1.82, 2.24) is 9.62 Å². The van der Waals surface area contributed by atoms with Crippen LogP contribution in [-0.4, -0.2) is 26.9 Å². The molecule has 0 spiro atoms. The Kier molecular flexibility index (Phi) is 4.67. The Labute approximate surface area is 142 Å². The van der Waals surface area contributed by atoms with Crippen LogP contribution in [0.4, 0.5) is 0 Å². The molecule has 0 amide bonds. The number of likely N-dealkylation sites (N-methyl/N-ethyl adjacent to an activating group) is 1. The molecule has 0 radical (unpaired) electrons. The van der Waals surface area contributed by atoms with E-state index in [9.17, 15) is 8.42 Å². The summed E-state index contributed by atoms with van der Waals surface area (Å²) in [5.74, 6) is -0.134. The first kappa shape index (κ1) is 16.7. The van der Waals surface area contributed by atoms with Gasteiger partial charge in [0.15, 0.2) is 0 Å². The van der Waals surface area contributed by atoms with Crippen molar-refractivity contribution in [2.45, 2.75) is 18.3 Å². The minimum absolute atomic E-state index is 0.134. The number of hydrogen-bond acceptors (Lipinski definition) is 4. The molecule has 1 atom stereocenters. The summed E-state index contributed by atoms with van der Waals surface area (Å²) < 4.78 is 28.0. The van der Waals surface area contributed by atoms with Crippen LogP contribution in [0.5, 0.6) is 0 Å². The summed E-state index contributed by atoms with van der Waals surface area (Å²) in [4.78, 5) is 2.10. The van der Waals surface area contributed by atoms with Crippen molar-refractivity contribution in [3.8, 4) is 6.07 Å². The molecule has 5 nitrogen and oxygen atoms in total. The minimum atomic E-state index is -3.51. The predicted octanol–water partition coefficient (Wildman–Crippen LogP) is 2.16. The van der Waals surface area contributed by atoms with Crippen LogP contribution >= 0.6 is 0 Å². The number of nitrogens with zero attached hydrogens (tertiary/aromatic N) is 2. The van der Waals surface area contributed by atoms with Crippen molar-refractivity contribution < 1.29 is 8.42 Å². The third kappa shape index (κ3) is 3.82. The molecule has 0 fully saturated rings. The average molecular weight is 341 g/mol. The molecule has 6 heteroatoms. The zero-order chi connectivity index (χ0) is 17.2. The first-order valence-electron chi connectivity index (χ1n) is 7.72. The summed E-state index contributed by atoms with van der Waals surface area (Å²) in [5, 5.41) is 8.94. The summed E-state index contributed by atoms with van der Waals surface area (Å²) in [6, 6.07) is 16.4. The fraction of sp³-hybridized carbons (Fsp3) is 0.278. The molecule has 2 aromatic rings. The van der Waals surface area contributed by atoms with E-state index in [0.29, 0.717) is 17.7 Å². The molecule has 24 heavy (non-hydrogen) atoms. The summed E-state index contributed by atoms with van der Waals surface area (Å²) in [6.45, 7) is 1.45. The van der Waals surface area contributed by atoms with Gasteiger partial charge in [0, 0.05) is 13.1 Å². The standard InChI is InChI=1S/C18H19N3O2S/c1-21-11-16-7-2-3-8-17(16)18(12-21)20-24(22,23)13-15-6-4-5-14(9-15)10-19/h2-9,18,20H,11-13H2,1H3. The van der Waals surface area contributed by atoms with Crippen LogP contribution in [0.1, 0.15) is 28.3 Å². The molecular formula is C18H19N3O2S. The summed E-state index contributed by atoms with van der Waals surface area (Å²) >= 11 is 0. The zero-order valence-corrected chi connectivity index (χ0v) is 14.3. The number of sulfonamides is 1. The molecule has 1 N–H and O–H groups in total. The van der Waals surface area contributed by atoms with Gasteiger partial charge in [-0.2, -0.15) is 5.26 Å². The van der Waals surface area contributed by atoms with Crippen molar-refractivity contribution >= 4 is 10.0 Å². The van der Waals surface area contributed by atoms with Crippen LogP contribution in [0.2, 0.25) is 0 Å². The molecule has 1 heterocycles. The largest absolute Gasteiger partial charge is 0.300 e. The normalized spacial score (nSPS) is 17.9. The van der Waals surface area contributed by atoms with Crippen molar-refractivity contribution in [2.24, 2.45) is 0 Å². The van der Waals surface area contributed by atoms with Crippen molar-refractivity contribution in [2.75, 3.05) is 13.6 Å². The van der Waals surface area contributed by atoms with Crippen molar-refractivity contribution in [1.29, 1.82) is 5.26 Å². The van der Waals surface area contributed by atoms with Gasteiger partial charge in [-0.15, -0.1) is 0 Å². The Bertz CT molecular complexity index is 887. The molecule has 0 aromatic heterocycles. The molecule has 1 unspecified atom stereocenters. The predicted molar refractivity (Wildman–Crippen MR) is 92.4 cm³/mol. The smallest absolute Gasteiger partial charge is 0.216 e. The second kappa shape index (κ2) is 6.73. The van der Waals surface area contributed by atoms with Gasteiger partial charge < -0.3 is 4.90 Å². The highest BCUT2D eigenvalue weighted by Gasteiger charge is 2.26. The Balaban J connectivity index is 1.81. The molecule has 1 aliphatic rings. The van der Waals surface area contributed by atoms with Gasteiger partial charge in [0.1, 0.15) is 0 Å². The number of nitriles is 1. The molecule has 0 saturated heterocycles. The van der Waals surface area contributed by atoms with E-state index in [-0.39, 0.29) is 11.8 Å². The fourth-order valence-electron chi connectivity index (χ4n) is 3.09. The van der Waals surface area contributed by atoms with E-state index < -0.39 is 10.0 Å². The minimum Gasteiger partial charge on any atom is -0.300 e. The molecule has 2 aromatic carbocycles. The molecular weight excluding hydrogens is 322 g/mol. The van der Waals surface area contributed by atoms with Crippen LogP contribution < -0.4 is 4.72 Å². The summed E-state index contributed by atoms with van der Waals surface area (Å²) in [7, 11) is -1.53. The van der Waals surface area contributed by atoms with Crippen LogP contribution in [0.25, 0.3) is 0 Å². The van der Waals surface area contributed by atoms with E-state index in [4.69, 9.17) is 5.26 Å². The van der Waals surface area contributed by atoms with Crippen LogP contribution in [0.15, 0.2) is 48.5 Å². The topological polar surface area (TPSA) is 73.2 Å². The van der Waals surface area contributed by atoms with E-state index >= 15 is 0 Å². The van der Waals surface area contributed by atoms with Gasteiger partial charge in [0.05, 0.1) is 23.4 Å². The first-order chi connectivity index (χ1) is 11.5. The molecule has 0 aliphatic carbocycles. The summed E-state index contributed by atoms with van der Waals surface area (Å²) in [5.41, 5.74) is 3.25. The third-order valence-electron chi connectivity index (χ3n) is 4.10. The maximum absolute atomic E-state index is 12.6. The highest BCUT2D eigenvalue weighted by atomic mass is 32.2. The monoisotopic (exact) mass is 341 g/mol. The lowest BCUT2D eigenvalue weighted by Crippen LogP contribution is -2.40. The fourth-order valence-corrected chi connectivity index (χ4v) is 4.43. The van der Waals surface area contributed by atoms with Gasteiger partial charge in [-0.25, -0.2) is 13.1 Å². The molecule has 1 aliphatic heterocycles. The number of benzene rings is 2. The average Bonchev–Trinajstić information content (AvgIpc) is 2.54. The molecule has 0 saturated carbocycles. The lowest BCUT2D eigenvalue weighted by Gasteiger charge is -2.32. The highest BCUT2D eigenvalue weighted by Crippen LogP contribution is 2.26. The number of rotatable bonds is 4. The van der Waals surface area contributed by atoms with Gasteiger partial charge in [-0.3, -0.25) is 0 Å². The lowest BCUT2D eigenvalue weighted by molar-refractivity contribution is 0.274. The van der Waals surface area contributed by atoms with Gasteiger partial charge in [0.25, 0.3) is 0 Å². The second-order valence-corrected chi connectivity index (χ2v) is 7.89. The van der Waals surface area contributed by atoms with Gasteiger partial charge in [-0.05, 0) is 35.9 Å². The maximum Gasteiger partial charge on any atom is 0.216 e. The number of fused-ring (bicyclic) bond motifs is 1. The Morgan fingerprint density at radius 2 is 2.04 bits per heavy atom. The molecule has 124 valence electrons. The van der Waals surface area contributed by atoms with Crippen LogP contribution in [0, 0.1) is 11.3 Å². The SMILES string of the molecule is CN1Cc2ccccc2C(NS(=O)(=O)Cc2cccc(C#N)c2)C1. The first-order valence-corrected chi connectivity index (χ1v) is 9.37. The highest BCUT2D eigenvalue weighted by molar-refractivity contribution is 7.88. The Morgan fingerprint density at radius 3 is 2.83 bits per heavy atom. The van der Waals surface area contributed by atoms with Crippen molar-refractivity contribution in [3.63, 3.8) is 0 Å². The molecule has 3 rings (SSSR count). The third-order valence-corrected chi connectivity index (χ3v) is 5.46. The summed E-state index contributed by atoms with van der Waals surface area (Å²) in [6.07, 6.45) is 0. The van der Waals surface area contributed by atoms with Crippen LogP contribution in [0.3, 0.4) is 0 Å². The Morgan fingerprint density at radius 1 is 1.25 bits per heavy atom.